The highest BCUT2D eigenvalue weighted by atomic mass is 16.4. The number of aliphatic hydroxyl groups is 1. The molecule has 100 valence electrons. The predicted molar refractivity (Wildman–Crippen MR) is 66.1 cm³/mol. The van der Waals surface area contributed by atoms with Crippen molar-refractivity contribution in [3.05, 3.63) is 23.5 Å². The summed E-state index contributed by atoms with van der Waals surface area (Å²) in [5.41, 5.74) is 3.51. The number of hydrogen-bond acceptors (Lipinski definition) is 4. The van der Waals surface area contributed by atoms with Gasteiger partial charge >= 0.3 is 5.97 Å². The SMILES string of the molecule is CCCCC(Nn1c(C=O)ccc1CO)C(=O)O. The maximum atomic E-state index is 11.1. The molecular weight excluding hydrogens is 236 g/mol. The Morgan fingerprint density at radius 2 is 2.28 bits per heavy atom. The minimum absolute atomic E-state index is 0.263. The van der Waals surface area contributed by atoms with Gasteiger partial charge in [0.1, 0.15) is 11.7 Å². The lowest BCUT2D eigenvalue weighted by atomic mass is 10.1. The van der Waals surface area contributed by atoms with Crippen LogP contribution in [0.15, 0.2) is 12.1 Å². The van der Waals surface area contributed by atoms with Gasteiger partial charge in [-0.3, -0.25) is 9.47 Å². The van der Waals surface area contributed by atoms with Gasteiger partial charge < -0.3 is 15.6 Å². The summed E-state index contributed by atoms with van der Waals surface area (Å²) < 4.78 is 1.33. The normalized spacial score (nSPS) is 12.1. The molecule has 1 aromatic heterocycles. The lowest BCUT2D eigenvalue weighted by Gasteiger charge is -2.19. The van der Waals surface area contributed by atoms with Crippen LogP contribution in [0.5, 0.6) is 0 Å². The Kier molecular flexibility index (Phi) is 5.38. The van der Waals surface area contributed by atoms with Crippen molar-refractivity contribution < 1.29 is 19.8 Å². The average Bonchev–Trinajstić information content (AvgIpc) is 2.75. The summed E-state index contributed by atoms with van der Waals surface area (Å²) in [5, 5.41) is 18.2. The van der Waals surface area contributed by atoms with E-state index in [4.69, 9.17) is 10.2 Å². The number of unbranched alkanes of at least 4 members (excludes halogenated alkanes) is 1. The van der Waals surface area contributed by atoms with Gasteiger partial charge in [-0.15, -0.1) is 0 Å². The summed E-state index contributed by atoms with van der Waals surface area (Å²) >= 11 is 0. The van der Waals surface area contributed by atoms with E-state index in [0.717, 1.165) is 12.8 Å². The Balaban J connectivity index is 2.88. The summed E-state index contributed by atoms with van der Waals surface area (Å²) in [6.07, 6.45) is 2.75. The molecule has 18 heavy (non-hydrogen) atoms. The summed E-state index contributed by atoms with van der Waals surface area (Å²) in [5.74, 6) is -0.974. The summed E-state index contributed by atoms with van der Waals surface area (Å²) in [6.45, 7) is 1.71. The van der Waals surface area contributed by atoms with Crippen molar-refractivity contribution in [2.45, 2.75) is 38.8 Å². The predicted octanol–water partition coefficient (Wildman–Crippen LogP) is 0.980. The topological polar surface area (TPSA) is 91.6 Å². The number of carboxylic acid groups (broad SMARTS) is 1. The molecule has 0 bridgehead atoms. The van der Waals surface area contributed by atoms with E-state index < -0.39 is 12.0 Å². The first kappa shape index (κ1) is 14.2. The molecule has 0 aliphatic carbocycles. The van der Waals surface area contributed by atoms with E-state index in [1.165, 1.54) is 10.7 Å². The molecule has 0 radical (unpaired) electrons. The number of aromatic nitrogens is 1. The molecule has 0 spiro atoms. The summed E-state index contributed by atoms with van der Waals surface area (Å²) in [4.78, 5) is 21.9. The van der Waals surface area contributed by atoms with Crippen molar-refractivity contribution in [3.8, 4) is 0 Å². The largest absolute Gasteiger partial charge is 0.480 e. The average molecular weight is 254 g/mol. The molecule has 1 aromatic rings. The molecule has 6 nitrogen and oxygen atoms in total. The van der Waals surface area contributed by atoms with Gasteiger partial charge in [0, 0.05) is 0 Å². The van der Waals surface area contributed by atoms with Crippen molar-refractivity contribution in [2.75, 3.05) is 5.43 Å². The highest BCUT2D eigenvalue weighted by Crippen LogP contribution is 2.09. The van der Waals surface area contributed by atoms with Gasteiger partial charge in [0.25, 0.3) is 0 Å². The number of nitrogens with one attached hydrogen (secondary N) is 1. The molecule has 1 unspecified atom stereocenters. The molecule has 0 aromatic carbocycles. The second-order valence-electron chi connectivity index (χ2n) is 4.02. The molecule has 0 saturated heterocycles. The van der Waals surface area contributed by atoms with E-state index in [0.29, 0.717) is 24.1 Å². The zero-order valence-corrected chi connectivity index (χ0v) is 10.3. The van der Waals surface area contributed by atoms with Crippen LogP contribution >= 0.6 is 0 Å². The summed E-state index contributed by atoms with van der Waals surface area (Å²) in [7, 11) is 0. The van der Waals surface area contributed by atoms with Crippen LogP contribution in [-0.2, 0) is 11.4 Å². The van der Waals surface area contributed by atoms with Gasteiger partial charge in [-0.2, -0.15) is 0 Å². The molecule has 1 heterocycles. The molecule has 0 aliphatic rings. The van der Waals surface area contributed by atoms with Gasteiger partial charge in [0.05, 0.1) is 12.3 Å². The Morgan fingerprint density at radius 3 is 2.78 bits per heavy atom. The number of aliphatic hydroxyl groups excluding tert-OH is 1. The first-order valence-corrected chi connectivity index (χ1v) is 5.90. The third-order valence-electron chi connectivity index (χ3n) is 2.70. The smallest absolute Gasteiger partial charge is 0.327 e. The molecule has 1 rings (SSSR count). The molecule has 0 saturated carbocycles. The van der Waals surface area contributed by atoms with Crippen LogP contribution in [0, 0.1) is 0 Å². The monoisotopic (exact) mass is 254 g/mol. The van der Waals surface area contributed by atoms with Gasteiger partial charge in [-0.05, 0) is 18.6 Å². The zero-order chi connectivity index (χ0) is 13.5. The Bertz CT molecular complexity index is 414. The molecule has 6 heteroatoms. The van der Waals surface area contributed by atoms with E-state index >= 15 is 0 Å². The first-order chi connectivity index (χ1) is 8.63. The number of carbonyl (C=O) groups excluding carboxylic acids is 1. The van der Waals surface area contributed by atoms with Gasteiger partial charge in [0.2, 0.25) is 0 Å². The second-order valence-corrected chi connectivity index (χ2v) is 4.02. The quantitative estimate of drug-likeness (QED) is 0.601. The molecule has 1 atom stereocenters. The number of aldehydes is 1. The number of rotatable bonds is 8. The van der Waals surface area contributed by atoms with Gasteiger partial charge in [0.15, 0.2) is 6.29 Å². The standard InChI is InChI=1S/C12H18N2O4/c1-2-3-4-11(12(17)18)13-14-9(7-15)5-6-10(14)8-16/h5-7,11,13,16H,2-4,8H2,1H3,(H,17,18). The lowest BCUT2D eigenvalue weighted by Crippen LogP contribution is -2.36. The van der Waals surface area contributed by atoms with Crippen LogP contribution in [0.4, 0.5) is 0 Å². The van der Waals surface area contributed by atoms with Crippen LogP contribution in [-0.4, -0.2) is 33.2 Å². The fraction of sp³-hybridized carbons (Fsp3) is 0.500. The van der Waals surface area contributed by atoms with Crippen LogP contribution in [0.3, 0.4) is 0 Å². The van der Waals surface area contributed by atoms with Crippen LogP contribution < -0.4 is 5.43 Å². The number of hydrogen-bond donors (Lipinski definition) is 3. The van der Waals surface area contributed by atoms with E-state index in [2.05, 4.69) is 5.43 Å². The number of carboxylic acids is 1. The Morgan fingerprint density at radius 1 is 1.56 bits per heavy atom. The van der Waals surface area contributed by atoms with E-state index in [9.17, 15) is 9.59 Å². The minimum atomic E-state index is -0.974. The third-order valence-corrected chi connectivity index (χ3v) is 2.70. The van der Waals surface area contributed by atoms with Crippen molar-refractivity contribution in [3.63, 3.8) is 0 Å². The van der Waals surface area contributed by atoms with Crippen LogP contribution in [0.25, 0.3) is 0 Å². The highest BCUT2D eigenvalue weighted by Gasteiger charge is 2.18. The van der Waals surface area contributed by atoms with Gasteiger partial charge in [-0.1, -0.05) is 19.8 Å². The second kappa shape index (κ2) is 6.80. The maximum absolute atomic E-state index is 11.1. The Hall–Kier alpha value is -1.82. The van der Waals surface area contributed by atoms with Crippen molar-refractivity contribution in [2.24, 2.45) is 0 Å². The number of aliphatic carboxylic acids is 1. The zero-order valence-electron chi connectivity index (χ0n) is 10.3. The van der Waals surface area contributed by atoms with E-state index in [1.807, 2.05) is 6.92 Å². The summed E-state index contributed by atoms with van der Waals surface area (Å²) in [6, 6.07) is 2.33. The highest BCUT2D eigenvalue weighted by molar-refractivity contribution is 5.76. The fourth-order valence-electron chi connectivity index (χ4n) is 1.68. The minimum Gasteiger partial charge on any atom is -0.480 e. The number of carbonyl (C=O) groups is 2. The molecule has 3 N–H and O–H groups in total. The van der Waals surface area contributed by atoms with Crippen molar-refractivity contribution in [1.29, 1.82) is 0 Å². The fourth-order valence-corrected chi connectivity index (χ4v) is 1.68. The molecule has 0 fully saturated rings. The van der Waals surface area contributed by atoms with E-state index in [1.54, 1.807) is 6.07 Å². The molecule has 0 amide bonds. The molecular formula is C12H18N2O4. The maximum Gasteiger partial charge on any atom is 0.327 e. The first-order valence-electron chi connectivity index (χ1n) is 5.90. The van der Waals surface area contributed by atoms with Crippen LogP contribution in [0.2, 0.25) is 0 Å². The van der Waals surface area contributed by atoms with Crippen molar-refractivity contribution in [1.82, 2.24) is 4.68 Å². The Labute approximate surface area is 105 Å². The lowest BCUT2D eigenvalue weighted by molar-refractivity contribution is -0.138. The molecule has 0 aliphatic heterocycles. The third kappa shape index (κ3) is 3.33. The number of nitrogens with zero attached hydrogens (tertiary/aromatic N) is 1. The van der Waals surface area contributed by atoms with Crippen LogP contribution in [0.1, 0.15) is 42.4 Å². The van der Waals surface area contributed by atoms with Gasteiger partial charge in [-0.25, -0.2) is 4.79 Å². The van der Waals surface area contributed by atoms with Crippen molar-refractivity contribution >= 4 is 12.3 Å². The van der Waals surface area contributed by atoms with E-state index in [-0.39, 0.29) is 6.61 Å².